The SMILES string of the molecule is N#CC1(C2=CCCC=C2)CCNCC1. The zero-order valence-corrected chi connectivity index (χ0v) is 8.42. The first-order valence-corrected chi connectivity index (χ1v) is 5.37. The van der Waals surface area contributed by atoms with Gasteiger partial charge in [0.2, 0.25) is 0 Å². The van der Waals surface area contributed by atoms with E-state index in [2.05, 4.69) is 29.6 Å². The van der Waals surface area contributed by atoms with Gasteiger partial charge in [-0.25, -0.2) is 0 Å². The molecule has 1 aliphatic carbocycles. The van der Waals surface area contributed by atoms with Crippen LogP contribution in [0.5, 0.6) is 0 Å². The van der Waals surface area contributed by atoms with Gasteiger partial charge in [-0.05, 0) is 44.3 Å². The Kier molecular flexibility index (Phi) is 2.69. The Hall–Kier alpha value is -1.07. The average molecular weight is 188 g/mol. The van der Waals surface area contributed by atoms with Gasteiger partial charge in [-0.3, -0.25) is 0 Å². The number of nitriles is 1. The van der Waals surface area contributed by atoms with Crippen molar-refractivity contribution >= 4 is 0 Å². The summed E-state index contributed by atoms with van der Waals surface area (Å²) in [4.78, 5) is 0. The van der Waals surface area contributed by atoms with Crippen molar-refractivity contribution in [2.24, 2.45) is 5.41 Å². The number of nitrogens with one attached hydrogen (secondary N) is 1. The van der Waals surface area contributed by atoms with Crippen LogP contribution in [0, 0.1) is 16.7 Å². The number of rotatable bonds is 1. The third-order valence-electron chi connectivity index (χ3n) is 3.22. The molecule has 1 saturated heterocycles. The molecule has 0 radical (unpaired) electrons. The molecule has 0 aromatic rings. The second-order valence-electron chi connectivity index (χ2n) is 4.08. The minimum Gasteiger partial charge on any atom is -0.317 e. The zero-order chi connectivity index (χ0) is 9.86. The molecule has 2 nitrogen and oxygen atoms in total. The first-order valence-electron chi connectivity index (χ1n) is 5.37. The fourth-order valence-corrected chi connectivity index (χ4v) is 2.29. The van der Waals surface area contributed by atoms with Gasteiger partial charge < -0.3 is 5.32 Å². The van der Waals surface area contributed by atoms with Crippen LogP contribution in [0.4, 0.5) is 0 Å². The molecule has 0 atom stereocenters. The summed E-state index contributed by atoms with van der Waals surface area (Å²) in [6, 6.07) is 2.53. The highest BCUT2D eigenvalue weighted by molar-refractivity contribution is 5.35. The van der Waals surface area contributed by atoms with Crippen LogP contribution in [0.15, 0.2) is 23.8 Å². The van der Waals surface area contributed by atoms with Crippen molar-refractivity contribution in [3.8, 4) is 6.07 Å². The molecule has 14 heavy (non-hydrogen) atoms. The molecular weight excluding hydrogens is 172 g/mol. The maximum Gasteiger partial charge on any atom is 0.0843 e. The highest BCUT2D eigenvalue weighted by Crippen LogP contribution is 2.38. The molecule has 0 amide bonds. The molecule has 1 aliphatic heterocycles. The molecule has 0 spiro atoms. The van der Waals surface area contributed by atoms with Crippen molar-refractivity contribution in [2.75, 3.05) is 13.1 Å². The lowest BCUT2D eigenvalue weighted by Gasteiger charge is -2.33. The van der Waals surface area contributed by atoms with Gasteiger partial charge in [0, 0.05) is 0 Å². The average Bonchev–Trinajstić information content (AvgIpc) is 2.31. The third kappa shape index (κ3) is 1.60. The summed E-state index contributed by atoms with van der Waals surface area (Å²) in [5.41, 5.74) is 1.06. The van der Waals surface area contributed by atoms with Gasteiger partial charge in [-0.15, -0.1) is 0 Å². The molecule has 0 unspecified atom stereocenters. The number of piperidine rings is 1. The van der Waals surface area contributed by atoms with Crippen molar-refractivity contribution in [3.63, 3.8) is 0 Å². The van der Waals surface area contributed by atoms with E-state index < -0.39 is 0 Å². The van der Waals surface area contributed by atoms with Crippen LogP contribution in [0.2, 0.25) is 0 Å². The van der Waals surface area contributed by atoms with Gasteiger partial charge in [0.1, 0.15) is 0 Å². The third-order valence-corrected chi connectivity index (χ3v) is 3.22. The smallest absolute Gasteiger partial charge is 0.0843 e. The molecule has 2 rings (SSSR count). The quantitative estimate of drug-likeness (QED) is 0.684. The van der Waals surface area contributed by atoms with E-state index in [9.17, 15) is 5.26 Å². The van der Waals surface area contributed by atoms with Crippen molar-refractivity contribution in [1.82, 2.24) is 5.32 Å². The summed E-state index contributed by atoms with van der Waals surface area (Å²) in [7, 11) is 0. The molecule has 1 heterocycles. The van der Waals surface area contributed by atoms with Crippen LogP contribution in [-0.2, 0) is 0 Å². The molecule has 1 fully saturated rings. The molecule has 0 bridgehead atoms. The Morgan fingerprint density at radius 1 is 1.29 bits per heavy atom. The van der Waals surface area contributed by atoms with Gasteiger partial charge in [-0.1, -0.05) is 18.2 Å². The lowest BCUT2D eigenvalue weighted by Crippen LogP contribution is -2.36. The second-order valence-corrected chi connectivity index (χ2v) is 4.08. The topological polar surface area (TPSA) is 35.8 Å². The normalized spacial score (nSPS) is 25.2. The predicted molar refractivity (Wildman–Crippen MR) is 56.6 cm³/mol. The Balaban J connectivity index is 2.23. The summed E-state index contributed by atoms with van der Waals surface area (Å²) in [6.07, 6.45) is 10.7. The van der Waals surface area contributed by atoms with Gasteiger partial charge >= 0.3 is 0 Å². The van der Waals surface area contributed by atoms with Gasteiger partial charge in [0.15, 0.2) is 0 Å². The highest BCUT2D eigenvalue weighted by Gasteiger charge is 2.34. The number of nitrogens with zero attached hydrogens (tertiary/aromatic N) is 1. The fraction of sp³-hybridized carbons (Fsp3) is 0.583. The Bertz CT molecular complexity index is 301. The Labute approximate surface area is 85.3 Å². The zero-order valence-electron chi connectivity index (χ0n) is 8.42. The Morgan fingerprint density at radius 2 is 2.07 bits per heavy atom. The highest BCUT2D eigenvalue weighted by atomic mass is 14.9. The van der Waals surface area contributed by atoms with Crippen molar-refractivity contribution < 1.29 is 0 Å². The first-order chi connectivity index (χ1) is 6.87. The summed E-state index contributed by atoms with van der Waals surface area (Å²) >= 11 is 0. The number of hydrogen-bond donors (Lipinski definition) is 1. The van der Waals surface area contributed by atoms with Crippen LogP contribution in [-0.4, -0.2) is 13.1 Å². The van der Waals surface area contributed by atoms with E-state index >= 15 is 0 Å². The second kappa shape index (κ2) is 3.98. The van der Waals surface area contributed by atoms with E-state index in [-0.39, 0.29) is 5.41 Å². The molecule has 2 heteroatoms. The fourth-order valence-electron chi connectivity index (χ4n) is 2.29. The standard InChI is InChI=1S/C12H16N2/c13-10-12(6-8-14-9-7-12)11-4-2-1-3-5-11/h2,4-5,14H,1,3,6-9H2. The maximum atomic E-state index is 9.34. The minimum absolute atomic E-state index is 0.192. The van der Waals surface area contributed by atoms with Crippen LogP contribution < -0.4 is 5.32 Å². The molecule has 1 N–H and O–H groups in total. The lowest BCUT2D eigenvalue weighted by molar-refractivity contribution is 0.338. The van der Waals surface area contributed by atoms with Crippen LogP contribution in [0.25, 0.3) is 0 Å². The minimum atomic E-state index is -0.192. The maximum absolute atomic E-state index is 9.34. The van der Waals surface area contributed by atoms with E-state index in [1.807, 2.05) is 0 Å². The van der Waals surface area contributed by atoms with Gasteiger partial charge in [0.25, 0.3) is 0 Å². The van der Waals surface area contributed by atoms with Gasteiger partial charge in [0.05, 0.1) is 11.5 Å². The molecule has 0 aromatic heterocycles. The monoisotopic (exact) mass is 188 g/mol. The van der Waals surface area contributed by atoms with E-state index in [1.54, 1.807) is 0 Å². The van der Waals surface area contributed by atoms with Crippen LogP contribution in [0.1, 0.15) is 25.7 Å². The molecular formula is C12H16N2. The molecule has 0 aromatic carbocycles. The van der Waals surface area contributed by atoms with Crippen molar-refractivity contribution in [1.29, 1.82) is 5.26 Å². The van der Waals surface area contributed by atoms with E-state index in [4.69, 9.17) is 0 Å². The first kappa shape index (κ1) is 9.48. The Morgan fingerprint density at radius 3 is 2.64 bits per heavy atom. The summed E-state index contributed by atoms with van der Waals surface area (Å²) < 4.78 is 0. The van der Waals surface area contributed by atoms with E-state index in [0.717, 1.165) is 38.8 Å². The van der Waals surface area contributed by atoms with Crippen LogP contribution in [0.3, 0.4) is 0 Å². The number of hydrogen-bond acceptors (Lipinski definition) is 2. The lowest BCUT2D eigenvalue weighted by atomic mass is 9.72. The molecule has 0 saturated carbocycles. The van der Waals surface area contributed by atoms with Crippen molar-refractivity contribution in [3.05, 3.63) is 23.8 Å². The largest absolute Gasteiger partial charge is 0.317 e. The van der Waals surface area contributed by atoms with E-state index in [1.165, 1.54) is 5.57 Å². The molecule has 74 valence electrons. The van der Waals surface area contributed by atoms with Crippen LogP contribution >= 0.6 is 0 Å². The summed E-state index contributed by atoms with van der Waals surface area (Å²) in [5, 5.41) is 12.7. The predicted octanol–water partition coefficient (Wildman–Crippen LogP) is 2.16. The summed E-state index contributed by atoms with van der Waals surface area (Å²) in [5.74, 6) is 0. The number of allylic oxidation sites excluding steroid dienone is 4. The molecule has 2 aliphatic rings. The van der Waals surface area contributed by atoms with Gasteiger partial charge in [-0.2, -0.15) is 5.26 Å². The summed E-state index contributed by atoms with van der Waals surface area (Å²) in [6.45, 7) is 1.94. The van der Waals surface area contributed by atoms with Crippen molar-refractivity contribution in [2.45, 2.75) is 25.7 Å². The van der Waals surface area contributed by atoms with E-state index in [0.29, 0.717) is 0 Å².